The van der Waals surface area contributed by atoms with Gasteiger partial charge in [-0.3, -0.25) is 4.79 Å². The van der Waals surface area contributed by atoms with Gasteiger partial charge in [0, 0.05) is 15.2 Å². The van der Waals surface area contributed by atoms with E-state index in [4.69, 9.17) is 16.3 Å². The van der Waals surface area contributed by atoms with Crippen LogP contribution in [0.15, 0.2) is 18.2 Å². The average Bonchev–Trinajstić information content (AvgIpc) is 2.28. The van der Waals surface area contributed by atoms with Crippen molar-refractivity contribution in [1.29, 1.82) is 0 Å². The molecule has 0 bridgehead atoms. The molecule has 0 fully saturated rings. The molecule has 0 spiro atoms. The van der Waals surface area contributed by atoms with Crippen LogP contribution in [-0.4, -0.2) is 19.1 Å². The zero-order chi connectivity index (χ0) is 12.7. The van der Waals surface area contributed by atoms with Crippen LogP contribution >= 0.6 is 34.2 Å². The Morgan fingerprint density at radius 3 is 2.88 bits per heavy atom. The number of halogens is 2. The predicted octanol–water partition coefficient (Wildman–Crippen LogP) is 3.70. The number of carbonyl (C=O) groups excluding carboxylic acids is 1. The van der Waals surface area contributed by atoms with E-state index in [-0.39, 0.29) is 5.91 Å². The number of amides is 1. The first-order valence-corrected chi connectivity index (χ1v) is 6.91. The number of hydrogen-bond donors (Lipinski definition) is 1. The van der Waals surface area contributed by atoms with Gasteiger partial charge in [-0.2, -0.15) is 0 Å². The maximum absolute atomic E-state index is 11.6. The minimum atomic E-state index is -0.0404. The van der Waals surface area contributed by atoms with Crippen molar-refractivity contribution in [2.45, 2.75) is 19.8 Å². The van der Waals surface area contributed by atoms with Gasteiger partial charge < -0.3 is 10.1 Å². The lowest BCUT2D eigenvalue weighted by Crippen LogP contribution is -2.15. The molecule has 94 valence electrons. The Morgan fingerprint density at radius 2 is 2.24 bits per heavy atom. The number of benzene rings is 1. The van der Waals surface area contributed by atoms with Crippen LogP contribution in [0.5, 0.6) is 0 Å². The summed E-state index contributed by atoms with van der Waals surface area (Å²) in [5.74, 6) is -0.0404. The summed E-state index contributed by atoms with van der Waals surface area (Å²) in [6.07, 6.45) is 1.34. The molecule has 0 aromatic heterocycles. The van der Waals surface area contributed by atoms with Crippen LogP contribution in [-0.2, 0) is 9.53 Å². The van der Waals surface area contributed by atoms with Crippen LogP contribution in [0.25, 0.3) is 0 Å². The quantitative estimate of drug-likeness (QED) is 0.615. The first-order valence-electron chi connectivity index (χ1n) is 5.46. The Hall–Kier alpha value is -0.330. The largest absolute Gasteiger partial charge is 0.381 e. The molecule has 1 amide bonds. The van der Waals surface area contributed by atoms with Crippen molar-refractivity contribution in [3.8, 4) is 0 Å². The van der Waals surface area contributed by atoms with E-state index in [0.717, 1.165) is 15.7 Å². The number of ether oxygens (including phenoxy) is 1. The third kappa shape index (κ3) is 5.70. The minimum absolute atomic E-state index is 0.0404. The molecule has 1 rings (SSSR count). The van der Waals surface area contributed by atoms with E-state index in [1.165, 1.54) is 0 Å². The standard InChI is InChI=1S/C12H15ClINO2/c1-2-6-17-7-5-12(16)15-11-4-3-9(13)8-10(11)14/h3-4,8H,2,5-7H2,1H3,(H,15,16). The van der Waals surface area contributed by atoms with Crippen molar-refractivity contribution >= 4 is 45.8 Å². The fourth-order valence-corrected chi connectivity index (χ4v) is 2.22. The van der Waals surface area contributed by atoms with Crippen LogP contribution in [0, 0.1) is 3.57 Å². The van der Waals surface area contributed by atoms with Gasteiger partial charge in [0.15, 0.2) is 0 Å². The van der Waals surface area contributed by atoms with Gasteiger partial charge in [0.2, 0.25) is 5.91 Å². The molecule has 0 aliphatic rings. The summed E-state index contributed by atoms with van der Waals surface area (Å²) in [4.78, 5) is 11.6. The van der Waals surface area contributed by atoms with Crippen LogP contribution in [0.2, 0.25) is 5.02 Å². The first-order chi connectivity index (χ1) is 8.13. The van der Waals surface area contributed by atoms with Crippen LogP contribution in [0.3, 0.4) is 0 Å². The fraction of sp³-hybridized carbons (Fsp3) is 0.417. The highest BCUT2D eigenvalue weighted by molar-refractivity contribution is 14.1. The molecule has 0 aliphatic heterocycles. The summed E-state index contributed by atoms with van der Waals surface area (Å²) in [5, 5.41) is 3.49. The molecule has 1 N–H and O–H groups in total. The lowest BCUT2D eigenvalue weighted by molar-refractivity contribution is -0.117. The third-order valence-corrected chi connectivity index (χ3v) is 3.15. The maximum atomic E-state index is 11.6. The van der Waals surface area contributed by atoms with Crippen molar-refractivity contribution in [2.24, 2.45) is 0 Å². The molecule has 0 atom stereocenters. The van der Waals surface area contributed by atoms with Gasteiger partial charge in [0.1, 0.15) is 0 Å². The van der Waals surface area contributed by atoms with Gasteiger partial charge >= 0.3 is 0 Å². The van der Waals surface area contributed by atoms with Crippen molar-refractivity contribution in [3.63, 3.8) is 0 Å². The maximum Gasteiger partial charge on any atom is 0.226 e. The zero-order valence-electron chi connectivity index (χ0n) is 9.63. The summed E-state index contributed by atoms with van der Waals surface area (Å²) in [6.45, 7) is 3.20. The highest BCUT2D eigenvalue weighted by Crippen LogP contribution is 2.22. The molecular weight excluding hydrogens is 352 g/mol. The second-order valence-electron chi connectivity index (χ2n) is 3.53. The third-order valence-electron chi connectivity index (χ3n) is 2.03. The van der Waals surface area contributed by atoms with E-state index in [1.54, 1.807) is 12.1 Å². The summed E-state index contributed by atoms with van der Waals surface area (Å²) in [5.41, 5.74) is 0.787. The number of anilines is 1. The molecule has 1 aromatic carbocycles. The van der Waals surface area contributed by atoms with E-state index in [1.807, 2.05) is 13.0 Å². The van der Waals surface area contributed by atoms with E-state index in [9.17, 15) is 4.79 Å². The van der Waals surface area contributed by atoms with Crippen molar-refractivity contribution in [2.75, 3.05) is 18.5 Å². The number of rotatable bonds is 6. The second-order valence-corrected chi connectivity index (χ2v) is 5.13. The highest BCUT2D eigenvalue weighted by atomic mass is 127. The van der Waals surface area contributed by atoms with Gasteiger partial charge in [-0.05, 0) is 47.2 Å². The SMILES string of the molecule is CCCOCCC(=O)Nc1ccc(Cl)cc1I. The highest BCUT2D eigenvalue weighted by Gasteiger charge is 2.05. The molecule has 3 nitrogen and oxygen atoms in total. The van der Waals surface area contributed by atoms with Crippen molar-refractivity contribution in [3.05, 3.63) is 26.8 Å². The summed E-state index contributed by atoms with van der Waals surface area (Å²) in [6, 6.07) is 5.37. The molecule has 0 saturated carbocycles. The van der Waals surface area contributed by atoms with Crippen LogP contribution in [0.1, 0.15) is 19.8 Å². The second kappa shape index (κ2) is 7.89. The molecule has 1 aromatic rings. The van der Waals surface area contributed by atoms with Gasteiger partial charge in [-0.15, -0.1) is 0 Å². The molecule has 0 unspecified atom stereocenters. The zero-order valence-corrected chi connectivity index (χ0v) is 12.5. The molecule has 0 saturated heterocycles. The monoisotopic (exact) mass is 367 g/mol. The van der Waals surface area contributed by atoms with Crippen molar-refractivity contribution in [1.82, 2.24) is 0 Å². The average molecular weight is 368 g/mol. The number of nitrogens with one attached hydrogen (secondary N) is 1. The normalized spacial score (nSPS) is 10.3. The molecule has 0 heterocycles. The lowest BCUT2D eigenvalue weighted by Gasteiger charge is -2.07. The van der Waals surface area contributed by atoms with E-state index in [2.05, 4.69) is 27.9 Å². The van der Waals surface area contributed by atoms with Crippen LogP contribution < -0.4 is 5.32 Å². The molecule has 17 heavy (non-hydrogen) atoms. The van der Waals surface area contributed by atoms with Gasteiger partial charge in [-0.25, -0.2) is 0 Å². The van der Waals surface area contributed by atoms with Gasteiger partial charge in [0.05, 0.1) is 18.7 Å². The minimum Gasteiger partial charge on any atom is -0.381 e. The Bertz CT molecular complexity index is 385. The van der Waals surface area contributed by atoms with Gasteiger partial charge in [-0.1, -0.05) is 18.5 Å². The van der Waals surface area contributed by atoms with Gasteiger partial charge in [0.25, 0.3) is 0 Å². The summed E-state index contributed by atoms with van der Waals surface area (Å²) >= 11 is 7.97. The number of carbonyl (C=O) groups is 1. The predicted molar refractivity (Wildman–Crippen MR) is 78.5 cm³/mol. The van der Waals surface area contributed by atoms with E-state index in [0.29, 0.717) is 24.7 Å². The Morgan fingerprint density at radius 1 is 1.47 bits per heavy atom. The molecule has 0 aliphatic carbocycles. The molecular formula is C12H15ClINO2. The topological polar surface area (TPSA) is 38.3 Å². The first kappa shape index (κ1) is 14.7. The smallest absolute Gasteiger partial charge is 0.226 e. The Balaban J connectivity index is 2.40. The van der Waals surface area contributed by atoms with Crippen molar-refractivity contribution < 1.29 is 9.53 Å². The Labute approximate surface area is 120 Å². The molecule has 5 heteroatoms. The van der Waals surface area contributed by atoms with Crippen LogP contribution in [0.4, 0.5) is 5.69 Å². The Kier molecular flexibility index (Phi) is 6.84. The lowest BCUT2D eigenvalue weighted by atomic mass is 10.3. The molecule has 0 radical (unpaired) electrons. The van der Waals surface area contributed by atoms with E-state index < -0.39 is 0 Å². The van der Waals surface area contributed by atoms with E-state index >= 15 is 0 Å². The number of hydrogen-bond acceptors (Lipinski definition) is 2. The summed E-state index contributed by atoms with van der Waals surface area (Å²) in [7, 11) is 0. The fourth-order valence-electron chi connectivity index (χ4n) is 1.21. The summed E-state index contributed by atoms with van der Waals surface area (Å²) < 4.78 is 6.19.